The molecule has 6 rings (SSSR count). The van der Waals surface area contributed by atoms with E-state index in [9.17, 15) is 5.11 Å². The van der Waals surface area contributed by atoms with E-state index in [0.29, 0.717) is 32.5 Å². The van der Waals surface area contributed by atoms with E-state index >= 15 is 0 Å². The zero-order chi connectivity index (χ0) is 56.6. The Morgan fingerprint density at radius 1 is 0.608 bits per heavy atom. The van der Waals surface area contributed by atoms with Gasteiger partial charge in [0.2, 0.25) is 0 Å². The summed E-state index contributed by atoms with van der Waals surface area (Å²) in [5.74, 6) is 15.0. The highest BCUT2D eigenvalue weighted by molar-refractivity contribution is 6.74. The number of allylic oxidation sites excluding steroid dienone is 2. The minimum Gasteiger partial charge on any atom is -0.489 e. The monoisotopic (exact) mass is 1090 g/mol. The number of aliphatic hydroxyl groups is 1. The molecule has 6 atom stereocenters. The smallest absolute Gasteiger partial charge is 0.194 e. The lowest BCUT2D eigenvalue weighted by atomic mass is 9.98. The van der Waals surface area contributed by atoms with Crippen molar-refractivity contribution in [3.05, 3.63) is 156 Å². The quantitative estimate of drug-likeness (QED) is 0.0239. The Labute approximate surface area is 479 Å². The molecule has 2 unspecified atom stereocenters. The molecular formula is C70H98O8Si. The predicted molar refractivity (Wildman–Crippen MR) is 327 cm³/mol. The first kappa shape index (κ1) is 64.9. The van der Waals surface area contributed by atoms with Crippen LogP contribution in [0.25, 0.3) is 0 Å². The molecule has 4 aromatic carbocycles. The standard InChI is InChI=1S/C38H56O4Si.C32H42O4/c1-8-10-12-23-32(41-37-28-17-18-29-39-37)24-15-16-26-36(42-43(6,7)38(3,4)5)34-25-19-27-35(33(34)20-9-2)40-30-31-21-13-11-14-22-31;1-3-5-7-18-27(36-32-23-12-13-24-34-32)19-10-11-21-30(33)28-20-14-22-31(29(28)15-4-2)35-25-26-16-8-6-9-17-26/h9,11,13-14,19,21-22,25,27,32,36-37H,2,8,10,12,15,17-18,20,23-24,28-30H2,1,3-7H3;4,6,8-9,14,16-17,20,22,27,30,32-33H,2-3,5,7,10,12-13,15,18-19,23-25H2,1H3/t32-,36+,37?;27-,30-,32?/m00/s1. The van der Waals surface area contributed by atoms with Crippen LogP contribution in [0.2, 0.25) is 18.1 Å². The number of benzene rings is 4. The predicted octanol–water partition coefficient (Wildman–Crippen LogP) is 17.6. The van der Waals surface area contributed by atoms with Gasteiger partial charge in [0.15, 0.2) is 20.9 Å². The fourth-order valence-corrected chi connectivity index (χ4v) is 10.7. The van der Waals surface area contributed by atoms with Gasteiger partial charge in [-0.15, -0.1) is 25.0 Å². The van der Waals surface area contributed by atoms with Crippen LogP contribution in [-0.4, -0.2) is 51.4 Å². The molecular weight excluding hydrogens is 997 g/mol. The number of aliphatic hydroxyl groups excluding tert-OH is 1. The molecule has 2 aliphatic heterocycles. The van der Waals surface area contributed by atoms with Crippen LogP contribution in [0, 0.1) is 23.7 Å². The Hall–Kier alpha value is -4.94. The first-order chi connectivity index (χ1) is 38.3. The molecule has 8 nitrogen and oxygen atoms in total. The zero-order valence-electron chi connectivity index (χ0n) is 49.5. The Kier molecular flexibility index (Phi) is 29.9. The van der Waals surface area contributed by atoms with Crippen molar-refractivity contribution < 1.29 is 38.0 Å². The van der Waals surface area contributed by atoms with Crippen LogP contribution in [0.15, 0.2) is 122 Å². The number of ether oxygens (including phenoxy) is 6. The normalized spacial score (nSPS) is 17.0. The van der Waals surface area contributed by atoms with Crippen molar-refractivity contribution in [1.29, 1.82) is 0 Å². The van der Waals surface area contributed by atoms with Crippen LogP contribution in [0.4, 0.5) is 0 Å². The second-order valence-electron chi connectivity index (χ2n) is 22.7. The molecule has 2 saturated heterocycles. The minimum absolute atomic E-state index is 0.0607. The van der Waals surface area contributed by atoms with Crippen LogP contribution in [0.1, 0.15) is 196 Å². The summed E-state index contributed by atoms with van der Waals surface area (Å²) in [6.45, 7) is 26.4. The summed E-state index contributed by atoms with van der Waals surface area (Å²) < 4.78 is 43.9. The summed E-state index contributed by atoms with van der Waals surface area (Å²) in [6, 6.07) is 32.4. The van der Waals surface area contributed by atoms with E-state index in [0.717, 1.165) is 122 Å². The van der Waals surface area contributed by atoms with E-state index in [1.807, 2.05) is 84.9 Å². The van der Waals surface area contributed by atoms with Crippen molar-refractivity contribution in [3.63, 3.8) is 0 Å². The van der Waals surface area contributed by atoms with Gasteiger partial charge in [0.05, 0.1) is 12.2 Å². The molecule has 2 heterocycles. The Morgan fingerprint density at radius 2 is 1.08 bits per heavy atom. The van der Waals surface area contributed by atoms with Gasteiger partial charge in [-0.3, -0.25) is 0 Å². The topological polar surface area (TPSA) is 84.8 Å². The molecule has 79 heavy (non-hydrogen) atoms. The number of rotatable bonds is 30. The van der Waals surface area contributed by atoms with Crippen LogP contribution in [0.5, 0.6) is 11.5 Å². The minimum atomic E-state index is -2.13. The number of hydrogen-bond acceptors (Lipinski definition) is 8. The maximum absolute atomic E-state index is 10.9. The highest BCUT2D eigenvalue weighted by atomic mass is 28.4. The molecule has 0 aromatic heterocycles. The Morgan fingerprint density at radius 3 is 1.52 bits per heavy atom. The fraction of sp³-hybridized carbons (Fsp3) is 0.543. The van der Waals surface area contributed by atoms with Gasteiger partial charge in [-0.1, -0.05) is 182 Å². The lowest BCUT2D eigenvalue weighted by Crippen LogP contribution is -2.41. The first-order valence-corrected chi connectivity index (χ1v) is 32.9. The summed E-state index contributed by atoms with van der Waals surface area (Å²) >= 11 is 0. The van der Waals surface area contributed by atoms with Crippen molar-refractivity contribution in [1.82, 2.24) is 0 Å². The van der Waals surface area contributed by atoms with Gasteiger partial charge < -0.3 is 38.0 Å². The van der Waals surface area contributed by atoms with Gasteiger partial charge in [0.1, 0.15) is 36.9 Å². The maximum Gasteiger partial charge on any atom is 0.194 e. The number of unbranched alkanes of at least 4 members (excludes halogenated alkanes) is 4. The van der Waals surface area contributed by atoms with Gasteiger partial charge in [0, 0.05) is 37.2 Å². The fourth-order valence-electron chi connectivity index (χ4n) is 9.52. The van der Waals surface area contributed by atoms with Crippen molar-refractivity contribution in [3.8, 4) is 35.2 Å². The highest BCUT2D eigenvalue weighted by Crippen LogP contribution is 2.41. The molecule has 2 aliphatic rings. The van der Waals surface area contributed by atoms with Crippen molar-refractivity contribution in [2.75, 3.05) is 13.2 Å². The molecule has 0 aliphatic carbocycles. The summed E-state index contributed by atoms with van der Waals surface area (Å²) in [7, 11) is -2.13. The molecule has 2 fully saturated rings. The molecule has 1 N–H and O–H groups in total. The molecule has 0 bridgehead atoms. The van der Waals surface area contributed by atoms with E-state index in [4.69, 9.17) is 32.8 Å². The van der Waals surface area contributed by atoms with E-state index in [1.165, 1.54) is 44.9 Å². The summed E-state index contributed by atoms with van der Waals surface area (Å²) in [5, 5.41) is 11.0. The first-order valence-electron chi connectivity index (χ1n) is 30.0. The molecule has 430 valence electrons. The molecule has 0 saturated carbocycles. The van der Waals surface area contributed by atoms with Gasteiger partial charge in [0.25, 0.3) is 0 Å². The molecule has 0 spiro atoms. The van der Waals surface area contributed by atoms with Gasteiger partial charge in [-0.2, -0.15) is 0 Å². The summed E-state index contributed by atoms with van der Waals surface area (Å²) in [5.41, 5.74) is 6.12. The molecule has 0 amide bonds. The largest absolute Gasteiger partial charge is 0.489 e. The number of hydrogen-bond donors (Lipinski definition) is 1. The zero-order valence-corrected chi connectivity index (χ0v) is 50.5. The van der Waals surface area contributed by atoms with E-state index in [1.54, 1.807) is 0 Å². The maximum atomic E-state index is 10.9. The summed E-state index contributed by atoms with van der Waals surface area (Å²) in [6.07, 6.45) is 23.1. The van der Waals surface area contributed by atoms with Crippen LogP contribution < -0.4 is 9.47 Å². The Bertz CT molecular complexity index is 2450. The second kappa shape index (κ2) is 36.4. The van der Waals surface area contributed by atoms with Gasteiger partial charge >= 0.3 is 0 Å². The second-order valence-corrected chi connectivity index (χ2v) is 27.4. The summed E-state index contributed by atoms with van der Waals surface area (Å²) in [4.78, 5) is 0. The van der Waals surface area contributed by atoms with E-state index < -0.39 is 14.4 Å². The third kappa shape index (κ3) is 23.6. The third-order valence-electron chi connectivity index (χ3n) is 15.2. The molecule has 0 radical (unpaired) electrons. The average Bonchev–Trinajstić information content (AvgIpc) is 3.48. The van der Waals surface area contributed by atoms with Crippen molar-refractivity contribution in [2.24, 2.45) is 0 Å². The SMILES string of the molecule is C=CCc1c(OCc2ccccc2)cccc1[C@@H](C#CCC[C@H](CCCCC)OC1CCCCO1)O[Si](C)(C)C(C)(C)C.C=CCc1c(OCc2ccccc2)cccc1[C@@H](O)C#CCC[C@H](CCCCC)OC1CCCCO1. The van der Waals surface area contributed by atoms with Crippen molar-refractivity contribution in [2.45, 2.75) is 231 Å². The van der Waals surface area contributed by atoms with Crippen LogP contribution in [0.3, 0.4) is 0 Å². The van der Waals surface area contributed by atoms with Crippen LogP contribution >= 0.6 is 0 Å². The van der Waals surface area contributed by atoms with Crippen LogP contribution in [-0.2, 0) is 49.4 Å². The van der Waals surface area contributed by atoms with E-state index in [-0.39, 0.29) is 35.9 Å². The lowest BCUT2D eigenvalue weighted by Gasteiger charge is -2.38. The van der Waals surface area contributed by atoms with Gasteiger partial charge in [-0.25, -0.2) is 0 Å². The Balaban J connectivity index is 0.000000295. The van der Waals surface area contributed by atoms with E-state index in [2.05, 4.69) is 109 Å². The average molecular weight is 1100 g/mol. The molecule has 9 heteroatoms. The van der Waals surface area contributed by atoms with Crippen molar-refractivity contribution >= 4 is 8.32 Å². The molecule has 4 aromatic rings. The lowest BCUT2D eigenvalue weighted by molar-refractivity contribution is -0.190. The van der Waals surface area contributed by atoms with Gasteiger partial charge in [-0.05, 0) is 130 Å². The third-order valence-corrected chi connectivity index (χ3v) is 19.6. The highest BCUT2D eigenvalue weighted by Gasteiger charge is 2.40.